The molecule has 0 saturated carbocycles. The van der Waals surface area contributed by atoms with Crippen LogP contribution in [0.3, 0.4) is 0 Å². The lowest BCUT2D eigenvalue weighted by molar-refractivity contribution is 0.0529. The number of carbonyl (C=O) groups excluding carboxylic acids is 1. The molecule has 1 aromatic carbocycles. The van der Waals surface area contributed by atoms with Crippen LogP contribution in [0.15, 0.2) is 36.0 Å². The zero-order valence-corrected chi connectivity index (χ0v) is 15.1. The molecule has 0 amide bonds. The summed E-state index contributed by atoms with van der Waals surface area (Å²) in [5, 5.41) is 5.83. The van der Waals surface area contributed by atoms with E-state index in [4.69, 9.17) is 9.47 Å². The Morgan fingerprint density at radius 3 is 2.72 bits per heavy atom. The first-order valence-electron chi connectivity index (χ1n) is 7.93. The first-order chi connectivity index (χ1) is 12.1. The van der Waals surface area contributed by atoms with E-state index in [1.807, 2.05) is 31.2 Å². The fourth-order valence-electron chi connectivity index (χ4n) is 2.52. The van der Waals surface area contributed by atoms with Gasteiger partial charge in [-0.25, -0.2) is 14.8 Å². The third-order valence-corrected chi connectivity index (χ3v) is 4.72. The van der Waals surface area contributed by atoms with E-state index in [-0.39, 0.29) is 12.0 Å². The average molecular weight is 357 g/mol. The van der Waals surface area contributed by atoms with Crippen molar-refractivity contribution in [2.75, 3.05) is 19.0 Å². The van der Waals surface area contributed by atoms with Gasteiger partial charge in [-0.05, 0) is 31.5 Å². The molecule has 6 nitrogen and oxygen atoms in total. The number of thiophene rings is 1. The molecule has 0 aliphatic carbocycles. The first kappa shape index (κ1) is 17.2. The summed E-state index contributed by atoms with van der Waals surface area (Å²) in [7, 11) is 1.64. The van der Waals surface area contributed by atoms with Crippen LogP contribution in [0.4, 0.5) is 5.82 Å². The summed E-state index contributed by atoms with van der Waals surface area (Å²) in [5.41, 5.74) is 1.58. The zero-order valence-electron chi connectivity index (χ0n) is 14.3. The monoisotopic (exact) mass is 357 g/mol. The Labute approximate surface area is 149 Å². The van der Waals surface area contributed by atoms with E-state index < -0.39 is 0 Å². The van der Waals surface area contributed by atoms with Crippen molar-refractivity contribution >= 4 is 33.3 Å². The summed E-state index contributed by atoms with van der Waals surface area (Å²) >= 11 is 1.40. The van der Waals surface area contributed by atoms with Crippen molar-refractivity contribution in [3.05, 3.63) is 47.1 Å². The van der Waals surface area contributed by atoms with Crippen molar-refractivity contribution in [3.63, 3.8) is 0 Å². The van der Waals surface area contributed by atoms with Crippen LogP contribution >= 0.6 is 11.3 Å². The Bertz CT molecular complexity index is 877. The molecule has 7 heteroatoms. The third kappa shape index (κ3) is 3.56. The third-order valence-electron chi connectivity index (χ3n) is 3.83. The van der Waals surface area contributed by atoms with Crippen molar-refractivity contribution in [2.45, 2.75) is 19.9 Å². The van der Waals surface area contributed by atoms with E-state index in [0.29, 0.717) is 23.4 Å². The lowest BCUT2D eigenvalue weighted by atomic mass is 10.1. The van der Waals surface area contributed by atoms with Crippen LogP contribution in [0, 0.1) is 0 Å². The number of anilines is 1. The number of methoxy groups -OCH3 is 1. The molecule has 0 radical (unpaired) electrons. The molecule has 0 aliphatic rings. The van der Waals surface area contributed by atoms with E-state index >= 15 is 0 Å². The van der Waals surface area contributed by atoms with Gasteiger partial charge >= 0.3 is 5.97 Å². The quantitative estimate of drug-likeness (QED) is 0.671. The predicted octanol–water partition coefficient (Wildman–Crippen LogP) is 4.05. The van der Waals surface area contributed by atoms with Crippen LogP contribution in [0.5, 0.6) is 5.75 Å². The smallest absolute Gasteiger partial charge is 0.339 e. The van der Waals surface area contributed by atoms with E-state index in [2.05, 4.69) is 15.3 Å². The largest absolute Gasteiger partial charge is 0.497 e. The van der Waals surface area contributed by atoms with E-state index in [0.717, 1.165) is 16.1 Å². The number of ether oxygens (including phenoxy) is 2. The Morgan fingerprint density at radius 2 is 2.04 bits per heavy atom. The lowest BCUT2D eigenvalue weighted by Crippen LogP contribution is -2.10. The highest BCUT2D eigenvalue weighted by Gasteiger charge is 2.19. The Hall–Kier alpha value is -2.67. The summed E-state index contributed by atoms with van der Waals surface area (Å²) in [6.07, 6.45) is 1.50. The van der Waals surface area contributed by atoms with Gasteiger partial charge in [0, 0.05) is 11.4 Å². The molecule has 25 heavy (non-hydrogen) atoms. The SMILES string of the molecule is CCOC(=O)c1csc2ncnc(NC(C)c3ccc(OC)cc3)c12. The van der Waals surface area contributed by atoms with Crippen LogP contribution in [0.2, 0.25) is 0 Å². The maximum Gasteiger partial charge on any atom is 0.339 e. The highest BCUT2D eigenvalue weighted by molar-refractivity contribution is 7.17. The summed E-state index contributed by atoms with van der Waals surface area (Å²) < 4.78 is 10.3. The van der Waals surface area contributed by atoms with Gasteiger partial charge in [-0.15, -0.1) is 11.3 Å². The van der Waals surface area contributed by atoms with Gasteiger partial charge in [0.15, 0.2) is 0 Å². The predicted molar refractivity (Wildman–Crippen MR) is 98.4 cm³/mol. The van der Waals surface area contributed by atoms with Gasteiger partial charge in [-0.2, -0.15) is 0 Å². The second-order valence-corrected chi connectivity index (χ2v) is 6.27. The normalized spacial score (nSPS) is 12.0. The highest BCUT2D eigenvalue weighted by atomic mass is 32.1. The molecule has 0 fully saturated rings. The Kier molecular flexibility index (Phi) is 5.14. The number of rotatable bonds is 6. The van der Waals surface area contributed by atoms with E-state index in [9.17, 15) is 4.79 Å². The topological polar surface area (TPSA) is 73.3 Å². The number of hydrogen-bond acceptors (Lipinski definition) is 7. The second kappa shape index (κ2) is 7.48. The molecule has 2 heterocycles. The maximum atomic E-state index is 12.2. The second-order valence-electron chi connectivity index (χ2n) is 5.41. The van der Waals surface area contributed by atoms with Crippen molar-refractivity contribution in [1.29, 1.82) is 0 Å². The molecule has 3 aromatic rings. The molecule has 0 bridgehead atoms. The minimum Gasteiger partial charge on any atom is -0.497 e. The summed E-state index contributed by atoms with van der Waals surface area (Å²) in [6, 6.07) is 7.82. The first-order valence-corrected chi connectivity index (χ1v) is 8.81. The van der Waals surface area contributed by atoms with Crippen molar-refractivity contribution in [2.24, 2.45) is 0 Å². The number of hydrogen-bond donors (Lipinski definition) is 1. The van der Waals surface area contributed by atoms with Crippen molar-refractivity contribution < 1.29 is 14.3 Å². The summed E-state index contributed by atoms with van der Waals surface area (Å²) in [6.45, 7) is 4.15. The van der Waals surface area contributed by atoms with Gasteiger partial charge in [0.25, 0.3) is 0 Å². The number of esters is 1. The number of carbonyl (C=O) groups is 1. The standard InChI is InChI=1S/C18H19N3O3S/c1-4-24-18(22)14-9-25-17-15(14)16(19-10-20-17)21-11(2)12-5-7-13(23-3)8-6-12/h5-11H,4H2,1-3H3,(H,19,20,21). The molecular weight excluding hydrogens is 338 g/mol. The molecule has 1 unspecified atom stereocenters. The van der Waals surface area contributed by atoms with Gasteiger partial charge < -0.3 is 14.8 Å². The van der Waals surface area contributed by atoms with Gasteiger partial charge in [0.2, 0.25) is 0 Å². The van der Waals surface area contributed by atoms with E-state index in [1.54, 1.807) is 19.4 Å². The van der Waals surface area contributed by atoms with Crippen LogP contribution in [0.1, 0.15) is 35.8 Å². The zero-order chi connectivity index (χ0) is 17.8. The number of aromatic nitrogens is 2. The lowest BCUT2D eigenvalue weighted by Gasteiger charge is -2.16. The van der Waals surface area contributed by atoms with Gasteiger partial charge in [0.1, 0.15) is 22.7 Å². The maximum absolute atomic E-state index is 12.2. The molecule has 130 valence electrons. The number of nitrogens with zero attached hydrogens (tertiary/aromatic N) is 2. The highest BCUT2D eigenvalue weighted by Crippen LogP contribution is 2.32. The molecule has 0 aliphatic heterocycles. The minimum absolute atomic E-state index is 0.000971. The van der Waals surface area contributed by atoms with Gasteiger partial charge in [-0.3, -0.25) is 0 Å². The Balaban J connectivity index is 1.92. The molecular formula is C18H19N3O3S. The molecule has 2 aromatic heterocycles. The fourth-order valence-corrected chi connectivity index (χ4v) is 3.40. The van der Waals surface area contributed by atoms with Crippen LogP contribution in [0.25, 0.3) is 10.2 Å². The minimum atomic E-state index is -0.358. The molecule has 0 spiro atoms. The number of nitrogens with one attached hydrogen (secondary N) is 1. The van der Waals surface area contributed by atoms with Crippen molar-refractivity contribution in [1.82, 2.24) is 9.97 Å². The number of benzene rings is 1. The number of fused-ring (bicyclic) bond motifs is 1. The van der Waals surface area contributed by atoms with Crippen molar-refractivity contribution in [3.8, 4) is 5.75 Å². The van der Waals surface area contributed by atoms with Crippen LogP contribution in [-0.4, -0.2) is 29.7 Å². The van der Waals surface area contributed by atoms with Gasteiger partial charge in [-0.1, -0.05) is 12.1 Å². The fraction of sp³-hybridized carbons (Fsp3) is 0.278. The molecule has 3 rings (SSSR count). The molecule has 1 N–H and O–H groups in total. The summed E-state index contributed by atoms with van der Waals surface area (Å²) in [4.78, 5) is 21.5. The molecule has 1 atom stereocenters. The summed E-state index contributed by atoms with van der Waals surface area (Å²) in [5.74, 6) is 1.07. The van der Waals surface area contributed by atoms with Crippen LogP contribution in [-0.2, 0) is 4.74 Å². The average Bonchev–Trinajstić information content (AvgIpc) is 3.07. The Morgan fingerprint density at radius 1 is 1.28 bits per heavy atom. The van der Waals surface area contributed by atoms with Gasteiger partial charge in [0.05, 0.1) is 24.7 Å². The van der Waals surface area contributed by atoms with E-state index in [1.165, 1.54) is 17.7 Å². The van der Waals surface area contributed by atoms with Crippen LogP contribution < -0.4 is 10.1 Å². The molecule has 0 saturated heterocycles.